The predicted octanol–water partition coefficient (Wildman–Crippen LogP) is 1.85. The highest BCUT2D eigenvalue weighted by Crippen LogP contribution is 2.07. The molecule has 148 valence electrons. The molecule has 1 unspecified atom stereocenters. The zero-order valence-corrected chi connectivity index (χ0v) is 16.3. The van der Waals surface area contributed by atoms with Gasteiger partial charge < -0.3 is 15.0 Å². The van der Waals surface area contributed by atoms with Gasteiger partial charge in [0.05, 0.1) is 0 Å². The molecule has 0 bridgehead atoms. The number of ether oxygens (including phenoxy) is 1. The number of nitrogens with one attached hydrogen (secondary N) is 1. The van der Waals surface area contributed by atoms with Crippen LogP contribution in [0.3, 0.4) is 0 Å². The maximum atomic E-state index is 12.0. The van der Waals surface area contributed by atoms with E-state index in [2.05, 4.69) is 10.4 Å². The average Bonchev–Trinajstić information content (AvgIpc) is 2.66. The Morgan fingerprint density at radius 2 is 1.96 bits per heavy atom. The van der Waals surface area contributed by atoms with Crippen molar-refractivity contribution in [3.8, 4) is 0 Å². The number of carbonyl (C=O) groups excluding carboxylic acids is 3. The summed E-state index contributed by atoms with van der Waals surface area (Å²) in [5.41, 5.74) is 0.798. The fraction of sp³-hybridized carbons (Fsp3) is 0.474. The zero-order valence-electron chi connectivity index (χ0n) is 16.3. The fourth-order valence-electron chi connectivity index (χ4n) is 2.24. The number of hydrogen-bond acceptors (Lipinski definition) is 6. The predicted molar refractivity (Wildman–Crippen MR) is 103 cm³/mol. The lowest BCUT2D eigenvalue weighted by atomic mass is 10.2. The van der Waals surface area contributed by atoms with Gasteiger partial charge in [-0.1, -0.05) is 30.3 Å². The molecule has 0 saturated carbocycles. The minimum Gasteiger partial charge on any atom is -0.441 e. The highest BCUT2D eigenvalue weighted by atomic mass is 16.6. The number of hydrogen-bond donors (Lipinski definition) is 1. The summed E-state index contributed by atoms with van der Waals surface area (Å²) in [4.78, 5) is 35.3. The summed E-state index contributed by atoms with van der Waals surface area (Å²) in [5, 5.41) is 8.83. The summed E-state index contributed by atoms with van der Waals surface area (Å²) in [6.45, 7) is 5.93. The molecular formula is C19H28N4O4. The molecule has 0 aliphatic heterocycles. The van der Waals surface area contributed by atoms with Crippen molar-refractivity contribution in [3.63, 3.8) is 0 Å². The molecule has 2 amide bonds. The number of nitrogens with zero attached hydrogens (tertiary/aromatic N) is 3. The van der Waals surface area contributed by atoms with Crippen molar-refractivity contribution in [2.24, 2.45) is 5.10 Å². The first-order chi connectivity index (χ1) is 12.9. The highest BCUT2D eigenvalue weighted by Gasteiger charge is 2.17. The third-order valence-corrected chi connectivity index (χ3v) is 3.99. The Labute approximate surface area is 160 Å². The Morgan fingerprint density at radius 3 is 2.52 bits per heavy atom. The van der Waals surface area contributed by atoms with Crippen LogP contribution in [0.2, 0.25) is 0 Å². The SMILES string of the molecule is CCN(CCC(C)N(C)/N=C(\NC=O)c1ccccc1)C(=O)OCC(C)=O. The topological polar surface area (TPSA) is 91.3 Å². The number of rotatable bonds is 10. The van der Waals surface area contributed by atoms with Gasteiger partial charge in [0.1, 0.15) is 0 Å². The number of Topliss-reactive ketones (excluding diaryl/α,β-unsaturated/α-hetero) is 1. The number of amidine groups is 1. The first-order valence-electron chi connectivity index (χ1n) is 8.87. The van der Waals surface area contributed by atoms with Crippen molar-refractivity contribution in [3.05, 3.63) is 35.9 Å². The van der Waals surface area contributed by atoms with Gasteiger partial charge in [-0.2, -0.15) is 5.10 Å². The second kappa shape index (κ2) is 11.7. The van der Waals surface area contributed by atoms with Gasteiger partial charge in [0, 0.05) is 31.7 Å². The first-order valence-corrected chi connectivity index (χ1v) is 8.87. The summed E-state index contributed by atoms with van der Waals surface area (Å²) in [6, 6.07) is 9.35. The average molecular weight is 376 g/mol. The Hall–Kier alpha value is -2.90. The summed E-state index contributed by atoms with van der Waals surface area (Å²) < 4.78 is 4.95. The molecule has 0 fully saturated rings. The van der Waals surface area contributed by atoms with E-state index in [-0.39, 0.29) is 18.4 Å². The summed E-state index contributed by atoms with van der Waals surface area (Å²) in [7, 11) is 1.81. The van der Waals surface area contributed by atoms with Crippen LogP contribution in [0.5, 0.6) is 0 Å². The molecule has 8 nitrogen and oxygen atoms in total. The van der Waals surface area contributed by atoms with E-state index in [0.717, 1.165) is 5.56 Å². The van der Waals surface area contributed by atoms with Crippen molar-refractivity contribution in [2.75, 3.05) is 26.7 Å². The van der Waals surface area contributed by atoms with E-state index in [1.165, 1.54) is 6.92 Å². The van der Waals surface area contributed by atoms with Gasteiger partial charge in [0.25, 0.3) is 0 Å². The second-order valence-corrected chi connectivity index (χ2v) is 6.12. The quantitative estimate of drug-likeness (QED) is 0.291. The largest absolute Gasteiger partial charge is 0.441 e. The van der Waals surface area contributed by atoms with Gasteiger partial charge >= 0.3 is 6.09 Å². The number of hydrazone groups is 1. The van der Waals surface area contributed by atoms with Crippen molar-refractivity contribution >= 4 is 24.1 Å². The molecule has 27 heavy (non-hydrogen) atoms. The molecule has 0 spiro atoms. The van der Waals surface area contributed by atoms with Crippen LogP contribution < -0.4 is 5.32 Å². The van der Waals surface area contributed by atoms with Crippen molar-refractivity contribution < 1.29 is 19.1 Å². The van der Waals surface area contributed by atoms with Crippen LogP contribution in [0.1, 0.15) is 32.8 Å². The van der Waals surface area contributed by atoms with Gasteiger partial charge in [0.15, 0.2) is 18.2 Å². The maximum Gasteiger partial charge on any atom is 0.410 e. The van der Waals surface area contributed by atoms with Crippen LogP contribution in [-0.2, 0) is 14.3 Å². The van der Waals surface area contributed by atoms with E-state index in [1.54, 1.807) is 9.91 Å². The third-order valence-electron chi connectivity index (χ3n) is 3.99. The fourth-order valence-corrected chi connectivity index (χ4v) is 2.24. The Morgan fingerprint density at radius 1 is 1.30 bits per heavy atom. The van der Waals surface area contributed by atoms with Crippen LogP contribution in [0.25, 0.3) is 0 Å². The molecule has 0 aromatic heterocycles. The first kappa shape index (κ1) is 22.1. The Kier molecular flexibility index (Phi) is 9.57. The van der Waals surface area contributed by atoms with Crippen LogP contribution in [0, 0.1) is 0 Å². The van der Waals surface area contributed by atoms with Crippen LogP contribution in [0.15, 0.2) is 35.4 Å². The van der Waals surface area contributed by atoms with E-state index in [0.29, 0.717) is 31.8 Å². The highest BCUT2D eigenvalue weighted by molar-refractivity contribution is 6.03. The molecule has 1 aromatic carbocycles. The molecule has 1 aromatic rings. The standard InChI is InChI=1S/C19H28N4O4/c1-5-23(19(26)27-13-16(3)25)12-11-15(2)22(4)21-18(20-14-24)17-9-7-6-8-10-17/h6-10,14-15H,5,11-13H2,1-4H3,(H,20,21,24). The minimum absolute atomic E-state index is 0.00632. The molecule has 0 heterocycles. The normalized spacial score (nSPS) is 12.1. The summed E-state index contributed by atoms with van der Waals surface area (Å²) >= 11 is 0. The van der Waals surface area contributed by atoms with Gasteiger partial charge in [0.2, 0.25) is 6.41 Å². The van der Waals surface area contributed by atoms with Crippen molar-refractivity contribution in [2.45, 2.75) is 33.2 Å². The number of carbonyl (C=O) groups is 3. The van der Waals surface area contributed by atoms with Gasteiger partial charge in [-0.05, 0) is 27.2 Å². The van der Waals surface area contributed by atoms with Gasteiger partial charge in [-0.15, -0.1) is 0 Å². The smallest absolute Gasteiger partial charge is 0.410 e. The third kappa shape index (κ3) is 7.89. The molecule has 0 radical (unpaired) electrons. The monoisotopic (exact) mass is 376 g/mol. The lowest BCUT2D eigenvalue weighted by Crippen LogP contribution is -2.37. The Bertz CT molecular complexity index is 648. The number of ketones is 1. The van der Waals surface area contributed by atoms with E-state index in [9.17, 15) is 14.4 Å². The van der Waals surface area contributed by atoms with Crippen LogP contribution >= 0.6 is 0 Å². The van der Waals surface area contributed by atoms with Crippen LogP contribution in [-0.4, -0.2) is 66.8 Å². The zero-order chi connectivity index (χ0) is 20.2. The summed E-state index contributed by atoms with van der Waals surface area (Å²) in [5.74, 6) is 0.256. The lowest BCUT2D eigenvalue weighted by molar-refractivity contribution is -0.120. The summed E-state index contributed by atoms with van der Waals surface area (Å²) in [6.07, 6.45) is 0.735. The van der Waals surface area contributed by atoms with Gasteiger partial charge in [-0.25, -0.2) is 4.79 Å². The molecule has 1 rings (SSSR count). The molecule has 0 saturated heterocycles. The molecule has 0 aliphatic rings. The van der Waals surface area contributed by atoms with Crippen LogP contribution in [0.4, 0.5) is 4.79 Å². The minimum atomic E-state index is -0.501. The maximum absolute atomic E-state index is 12.0. The molecule has 1 atom stereocenters. The number of benzene rings is 1. The second-order valence-electron chi connectivity index (χ2n) is 6.12. The Balaban J connectivity index is 2.68. The van der Waals surface area contributed by atoms with E-state index >= 15 is 0 Å². The molecular weight excluding hydrogens is 348 g/mol. The van der Waals surface area contributed by atoms with Gasteiger partial charge in [-0.3, -0.25) is 14.6 Å². The van der Waals surface area contributed by atoms with E-state index in [4.69, 9.17) is 4.74 Å². The lowest BCUT2D eigenvalue weighted by Gasteiger charge is -2.26. The molecule has 8 heteroatoms. The molecule has 0 aliphatic carbocycles. The number of amides is 2. The van der Waals surface area contributed by atoms with E-state index < -0.39 is 6.09 Å². The van der Waals surface area contributed by atoms with Crippen molar-refractivity contribution in [1.82, 2.24) is 15.2 Å². The van der Waals surface area contributed by atoms with Crippen molar-refractivity contribution in [1.29, 1.82) is 0 Å². The van der Waals surface area contributed by atoms with E-state index in [1.807, 2.05) is 51.2 Å². The molecule has 1 N–H and O–H groups in total.